The molecule has 2 aromatic rings. The van der Waals surface area contributed by atoms with E-state index in [1.54, 1.807) is 39.6 Å². The van der Waals surface area contributed by atoms with Crippen LogP contribution in [0.1, 0.15) is 234 Å². The van der Waals surface area contributed by atoms with E-state index in [9.17, 15) is 86.1 Å². The Balaban J connectivity index is 0.000000303. The first-order valence-electron chi connectivity index (χ1n) is 46.5. The maximum atomic E-state index is 14.9. The molecule has 6 saturated carbocycles. The number of halogens is 14. The highest BCUT2D eigenvalue weighted by atomic mass is 31.2. The van der Waals surface area contributed by atoms with E-state index in [1.807, 2.05) is 86.7 Å². The highest BCUT2D eigenvalue weighted by Crippen LogP contribution is 2.65. The molecule has 0 radical (unpaired) electrons. The predicted molar refractivity (Wildman–Crippen MR) is 447 cm³/mol. The zero-order valence-corrected chi connectivity index (χ0v) is 74.1. The van der Waals surface area contributed by atoms with Crippen molar-refractivity contribution in [3.8, 4) is 0 Å². The lowest BCUT2D eigenvalue weighted by Gasteiger charge is -2.49. The largest absolute Gasteiger partial charge is 0.429 e. The van der Waals surface area contributed by atoms with Gasteiger partial charge >= 0.3 is 24.7 Å². The molecule has 0 spiro atoms. The molecule has 658 valence electrons. The van der Waals surface area contributed by atoms with Gasteiger partial charge in [-0.25, -0.2) is 8.78 Å². The number of hydrogen-bond donors (Lipinski definition) is 3. The van der Waals surface area contributed by atoms with Gasteiger partial charge in [-0.15, -0.1) is 0 Å². The van der Waals surface area contributed by atoms with E-state index in [-0.39, 0.29) is 103 Å². The van der Waals surface area contributed by atoms with E-state index in [1.165, 1.54) is 19.6 Å². The fourth-order valence-corrected chi connectivity index (χ4v) is 25.3. The minimum Gasteiger partial charge on any atom is -0.413 e. The maximum absolute atomic E-state index is 14.9. The second kappa shape index (κ2) is 37.6. The third kappa shape index (κ3) is 24.9. The van der Waals surface area contributed by atoms with Crippen LogP contribution in [0.25, 0.3) is 0 Å². The first-order chi connectivity index (χ1) is 57.7. The summed E-state index contributed by atoms with van der Waals surface area (Å²) < 4.78 is 323. The molecule has 8 rings (SSSR count). The Bertz CT molecular complexity index is 4220. The van der Waals surface area contributed by atoms with Gasteiger partial charge in [0, 0.05) is 58.4 Å². The molecule has 26 heteroatoms. The van der Waals surface area contributed by atoms with Crippen molar-refractivity contribution in [2.45, 2.75) is 346 Å². The second-order valence-corrected chi connectivity index (χ2v) is 54.7. The number of carbonyl (C=O) groups is 1. The second-order valence-electron chi connectivity index (χ2n) is 38.2. The lowest BCUT2D eigenvalue weighted by molar-refractivity contribution is -0.347. The average molecular weight is 1740 g/mol. The van der Waals surface area contributed by atoms with Crippen LogP contribution in [0.15, 0.2) is 144 Å². The predicted octanol–water partition coefficient (Wildman–Crippen LogP) is 26.1. The van der Waals surface area contributed by atoms with Gasteiger partial charge in [0.2, 0.25) is 0 Å². The van der Waals surface area contributed by atoms with Gasteiger partial charge in [-0.2, -0.15) is 52.7 Å². The number of carbonyl (C=O) groups excluding carboxylic acids is 1. The summed E-state index contributed by atoms with van der Waals surface area (Å²) in [5.74, 6) is -0.957. The van der Waals surface area contributed by atoms with Crippen LogP contribution in [-0.2, 0) is 22.6 Å². The van der Waals surface area contributed by atoms with Gasteiger partial charge in [0.25, 0.3) is 11.2 Å². The molecule has 6 fully saturated rings. The summed E-state index contributed by atoms with van der Waals surface area (Å²) >= 11 is 0. The number of alkyl halides is 14. The number of hydrogen-bond acceptors (Lipinski definition) is 8. The molecule has 6 aliphatic carbocycles. The SMILES string of the molecule is C=C1/C(=C\CP(=O)(c2ccccc2)c2ccccc2)C[C@@H](O[Si](C)(C)C(C)(C)C)C[C@@H]1F.[2H]C([2H])([2H])C(CCC[C@](C)(C/C=C\C(O[Si](C)(C)C)(C(F)(F)F)C(F)(F)F)[C@H]1CCC2C(=O)CCC[C@@]21C)(O[Si](C)(C)C)C([2H])([2H])[2H].[2H]C([2H])([2H])C(O)(CCC[C@](C)(C/C=C\C(O)(C(F)(F)F)C(F)(F)F)[C@H]1CCC2/C(=C/C=C3/C[C@@H](O)C[C@H](F)C3=C)CCC[C@@]21C)C([2H])([2H])[2H]. The fraction of sp³-hybridized carbons (Fsp3) is 0.700. The highest BCUT2D eigenvalue weighted by molar-refractivity contribution is 7.78. The van der Waals surface area contributed by atoms with E-state index in [0.29, 0.717) is 100 Å². The Kier molecular flexibility index (Phi) is 26.8. The Morgan fingerprint density at radius 2 is 1.05 bits per heavy atom. The summed E-state index contributed by atoms with van der Waals surface area (Å²) in [6, 6.07) is 19.2. The van der Waals surface area contributed by atoms with Crippen molar-refractivity contribution in [2.75, 3.05) is 6.16 Å². The van der Waals surface area contributed by atoms with Gasteiger partial charge in [-0.05, 0) is 268 Å². The van der Waals surface area contributed by atoms with Crippen LogP contribution in [0.2, 0.25) is 57.4 Å². The zero-order chi connectivity index (χ0) is 98.1. The van der Waals surface area contributed by atoms with E-state index >= 15 is 0 Å². The maximum Gasteiger partial charge on any atom is 0.429 e. The number of benzene rings is 2. The summed E-state index contributed by atoms with van der Waals surface area (Å²) in [6.07, 6.45) is -15.2. The van der Waals surface area contributed by atoms with Gasteiger partial charge in [-0.1, -0.05) is 171 Å². The smallest absolute Gasteiger partial charge is 0.413 e. The monoisotopic (exact) mass is 1740 g/mol. The van der Waals surface area contributed by atoms with Crippen LogP contribution in [-0.4, -0.2) is 124 Å². The first-order valence-corrected chi connectivity index (χ1v) is 52.1. The molecular weight excluding hydrogens is 1590 g/mol. The van der Waals surface area contributed by atoms with Gasteiger partial charge in [0.1, 0.15) is 25.3 Å². The molecule has 116 heavy (non-hydrogen) atoms. The molecule has 0 aromatic heterocycles. The normalized spacial score (nSPS) is 29.7. The average Bonchev–Trinajstić information content (AvgIpc) is 1.28. The van der Waals surface area contributed by atoms with E-state index in [4.69, 9.17) is 29.7 Å². The molecule has 2 aromatic carbocycles. The molecule has 0 bridgehead atoms. The Morgan fingerprint density at radius 1 is 0.586 bits per heavy atom. The van der Waals surface area contributed by atoms with Crippen LogP contribution < -0.4 is 10.6 Å². The molecule has 8 nitrogen and oxygen atoms in total. The van der Waals surface area contributed by atoms with Crippen LogP contribution in [0, 0.1) is 45.3 Å². The molecule has 0 amide bonds. The molecule has 0 heterocycles. The molecule has 6 aliphatic rings. The third-order valence-electron chi connectivity index (χ3n) is 25.7. The molecule has 3 N–H and O–H groups in total. The standard InChI is InChI=1S/C33H47F7O3.C30H52F6O3Si2.C27H36FO2PSi/c1-21-23(19-24(41)20-26(21)34)11-10-22-9-6-17-30(5)25(22)12-13-27(30)29(4,15-7-14-28(2,3)42)16-8-18-31(43,32(35,36)37)33(38,39)40;1-25(2,38-40(5,6)7)17-12-18-26(3,24-16-15-22-23(37)14-11-20-27(22,24)4)19-13-21-28(29(31,32)33,30(34,35)36)39-41(8,9)10;1-21-22(19-23(20-26(21)28)30-32(5,6)27(2,3)4)17-18-31(29,24-13-9-7-10-14-24)25-15-11-8-12-16-25/h8,10-11,18,24-27,41-43H,1,6-7,9,12-17,19-20H2,2-5H3;13,21-22,24H,11-12,14-20H2,1-10H3;7-17,23,26H,1,18-20H2,2-6H3/b18-8-,22-10+,23-11-;21-13-;22-17-/t24-,25?,26+,27-,29-,30+;22?,24-,26-,27+;23-,26+/m111/s1/i2D3,3D3;1D3,2D3;. The minimum absolute atomic E-state index is 0.0358. The van der Waals surface area contributed by atoms with Crippen LogP contribution in [0.3, 0.4) is 0 Å². The van der Waals surface area contributed by atoms with Crippen molar-refractivity contribution in [3.63, 3.8) is 0 Å². The lowest BCUT2D eigenvalue weighted by Crippen LogP contribution is -2.61. The van der Waals surface area contributed by atoms with Gasteiger partial charge in [0.15, 0.2) is 25.0 Å². The number of Topliss-reactive ketones (excluding diaryl/α,β-unsaturated/α-hetero) is 1. The molecule has 0 aliphatic heterocycles. The van der Waals surface area contributed by atoms with Crippen LogP contribution in [0.5, 0.6) is 0 Å². The van der Waals surface area contributed by atoms with Gasteiger partial charge < -0.3 is 33.2 Å². The number of allylic oxidation sites excluding steroid dienone is 8. The summed E-state index contributed by atoms with van der Waals surface area (Å²) in [4.78, 5) is 12.9. The van der Waals surface area contributed by atoms with Crippen LogP contribution >= 0.6 is 7.14 Å². The van der Waals surface area contributed by atoms with E-state index in [2.05, 4.69) is 47.0 Å². The van der Waals surface area contributed by atoms with Crippen molar-refractivity contribution in [2.24, 2.45) is 45.3 Å². The topological polar surface area (TPSA) is 123 Å². The summed E-state index contributed by atoms with van der Waals surface area (Å²) in [7, 11) is -11.1. The fourth-order valence-electron chi connectivity index (χ4n) is 19.0. The number of rotatable bonds is 27. The number of fused-ring (bicyclic) bond motifs is 2. The Labute approximate surface area is 703 Å². The molecular formula is C90H135F14O8PSi3. The van der Waals surface area contributed by atoms with Crippen LogP contribution in [0.4, 0.5) is 61.5 Å². The van der Waals surface area contributed by atoms with E-state index in [0.717, 1.165) is 27.8 Å². The lowest BCUT2D eigenvalue weighted by atomic mass is 9.55. The number of ketones is 1. The van der Waals surface area contributed by atoms with Gasteiger partial charge in [0.05, 0.1) is 23.4 Å². The number of aliphatic hydroxyl groups is 3. The number of aliphatic hydroxyl groups excluding tert-OH is 1. The zero-order valence-electron chi connectivity index (χ0n) is 82.2. The van der Waals surface area contributed by atoms with Crippen molar-refractivity contribution in [1.82, 2.24) is 0 Å². The summed E-state index contributed by atoms with van der Waals surface area (Å²) in [5.41, 5.74) is -15.3. The molecule has 2 unspecified atom stereocenters. The van der Waals surface area contributed by atoms with Crippen molar-refractivity contribution < 1.29 is 116 Å². The van der Waals surface area contributed by atoms with Gasteiger partial charge in [-0.3, -0.25) is 4.79 Å². The van der Waals surface area contributed by atoms with Crippen molar-refractivity contribution in [1.29, 1.82) is 0 Å². The Morgan fingerprint density at radius 3 is 1.53 bits per heavy atom. The molecule has 0 saturated heterocycles. The van der Waals surface area contributed by atoms with Crippen molar-refractivity contribution >= 4 is 48.5 Å². The summed E-state index contributed by atoms with van der Waals surface area (Å²) in [6.45, 7) is 22.1. The highest BCUT2D eigenvalue weighted by Gasteiger charge is 2.72. The summed E-state index contributed by atoms with van der Waals surface area (Å²) in [5, 5.41) is 32.3. The Hall–Kier alpha value is -4.05. The quantitative estimate of drug-likeness (QED) is 0.0350. The first kappa shape index (κ1) is 82.9. The van der Waals surface area contributed by atoms with E-state index < -0.39 is 166 Å². The minimum atomic E-state index is -6.07. The third-order valence-corrected chi connectivity index (χ3v) is 35.1. The van der Waals surface area contributed by atoms with Crippen molar-refractivity contribution in [3.05, 3.63) is 144 Å². The molecule has 12 atom stereocenters.